The molecule has 1 aliphatic heterocycles. The molecule has 3 aromatic carbocycles. The van der Waals surface area contributed by atoms with E-state index in [2.05, 4.69) is 46.6 Å². The van der Waals surface area contributed by atoms with Gasteiger partial charge in [-0.3, -0.25) is 9.69 Å². The van der Waals surface area contributed by atoms with E-state index in [0.29, 0.717) is 12.1 Å². The Morgan fingerprint density at radius 1 is 0.935 bits per heavy atom. The standard InChI is InChI=1S/C27H30N2O2/c1-20(2)31-26-13-9-21(10-14-26)17-28-27(30)24-11-7-22(8-12-24)18-29-16-15-23-5-3-4-6-25(23)19-29/h3-14,20H,15-19H2,1-2H3,(H,28,30). The van der Waals surface area contributed by atoms with Crippen LogP contribution in [0.3, 0.4) is 0 Å². The maximum absolute atomic E-state index is 12.5. The monoisotopic (exact) mass is 414 g/mol. The summed E-state index contributed by atoms with van der Waals surface area (Å²) in [6.45, 7) is 7.46. The number of fused-ring (bicyclic) bond motifs is 1. The van der Waals surface area contributed by atoms with Crippen LogP contribution < -0.4 is 10.1 Å². The van der Waals surface area contributed by atoms with Crippen molar-refractivity contribution in [3.8, 4) is 5.75 Å². The van der Waals surface area contributed by atoms with Gasteiger partial charge in [0.1, 0.15) is 5.75 Å². The van der Waals surface area contributed by atoms with Crippen molar-refractivity contribution in [1.82, 2.24) is 10.2 Å². The predicted octanol–water partition coefficient (Wildman–Crippen LogP) is 4.96. The summed E-state index contributed by atoms with van der Waals surface area (Å²) in [5.41, 5.74) is 5.86. The first-order valence-electron chi connectivity index (χ1n) is 11.0. The molecule has 0 spiro atoms. The SMILES string of the molecule is CC(C)Oc1ccc(CNC(=O)c2ccc(CN3CCc4ccccc4C3)cc2)cc1. The highest BCUT2D eigenvalue weighted by molar-refractivity contribution is 5.94. The Morgan fingerprint density at radius 3 is 2.32 bits per heavy atom. The lowest BCUT2D eigenvalue weighted by molar-refractivity contribution is 0.0951. The van der Waals surface area contributed by atoms with Gasteiger partial charge < -0.3 is 10.1 Å². The summed E-state index contributed by atoms with van der Waals surface area (Å²) < 4.78 is 5.66. The van der Waals surface area contributed by atoms with Crippen molar-refractivity contribution in [2.45, 2.75) is 46.0 Å². The second-order valence-corrected chi connectivity index (χ2v) is 8.42. The van der Waals surface area contributed by atoms with Crippen LogP contribution in [0.15, 0.2) is 72.8 Å². The zero-order chi connectivity index (χ0) is 21.6. The van der Waals surface area contributed by atoms with Crippen LogP contribution in [0.5, 0.6) is 5.75 Å². The fourth-order valence-corrected chi connectivity index (χ4v) is 3.95. The van der Waals surface area contributed by atoms with Crippen LogP contribution in [0.25, 0.3) is 0 Å². The average molecular weight is 415 g/mol. The molecule has 0 atom stereocenters. The molecule has 1 heterocycles. The van der Waals surface area contributed by atoms with Crippen LogP contribution in [0.2, 0.25) is 0 Å². The van der Waals surface area contributed by atoms with E-state index < -0.39 is 0 Å². The topological polar surface area (TPSA) is 41.6 Å². The molecule has 3 aromatic rings. The average Bonchev–Trinajstić information content (AvgIpc) is 2.78. The van der Waals surface area contributed by atoms with Gasteiger partial charge in [0.25, 0.3) is 5.91 Å². The molecular formula is C27H30N2O2. The number of carbonyl (C=O) groups is 1. The van der Waals surface area contributed by atoms with E-state index in [1.54, 1.807) is 0 Å². The van der Waals surface area contributed by atoms with Gasteiger partial charge in [-0.15, -0.1) is 0 Å². The predicted molar refractivity (Wildman–Crippen MR) is 124 cm³/mol. The number of carbonyl (C=O) groups excluding carboxylic acids is 1. The van der Waals surface area contributed by atoms with E-state index in [9.17, 15) is 4.79 Å². The van der Waals surface area contributed by atoms with Gasteiger partial charge >= 0.3 is 0 Å². The van der Waals surface area contributed by atoms with Gasteiger partial charge in [0.2, 0.25) is 0 Å². The lowest BCUT2D eigenvalue weighted by atomic mass is 9.99. The highest BCUT2D eigenvalue weighted by Gasteiger charge is 2.16. The fraction of sp³-hybridized carbons (Fsp3) is 0.296. The molecule has 0 aliphatic carbocycles. The molecular weight excluding hydrogens is 384 g/mol. The van der Waals surface area contributed by atoms with Crippen molar-refractivity contribution in [1.29, 1.82) is 0 Å². The molecule has 160 valence electrons. The summed E-state index contributed by atoms with van der Waals surface area (Å²) in [6, 6.07) is 24.5. The lowest BCUT2D eigenvalue weighted by Crippen LogP contribution is -2.30. The number of benzene rings is 3. The van der Waals surface area contributed by atoms with Gasteiger partial charge in [0.05, 0.1) is 6.10 Å². The highest BCUT2D eigenvalue weighted by atomic mass is 16.5. The smallest absolute Gasteiger partial charge is 0.251 e. The Bertz CT molecular complexity index is 1010. The highest BCUT2D eigenvalue weighted by Crippen LogP contribution is 2.20. The van der Waals surface area contributed by atoms with Crippen molar-refractivity contribution in [3.63, 3.8) is 0 Å². The van der Waals surface area contributed by atoms with Gasteiger partial charge in [-0.25, -0.2) is 0 Å². The van der Waals surface area contributed by atoms with E-state index in [1.807, 2.05) is 50.2 Å². The number of amides is 1. The third kappa shape index (κ3) is 5.74. The lowest BCUT2D eigenvalue weighted by Gasteiger charge is -2.28. The Hall–Kier alpha value is -3.11. The minimum atomic E-state index is -0.0547. The maximum Gasteiger partial charge on any atom is 0.251 e. The van der Waals surface area contributed by atoms with Gasteiger partial charge in [0.15, 0.2) is 0 Å². The van der Waals surface area contributed by atoms with E-state index in [-0.39, 0.29) is 12.0 Å². The molecule has 0 saturated carbocycles. The Morgan fingerprint density at radius 2 is 1.61 bits per heavy atom. The molecule has 0 bridgehead atoms. The summed E-state index contributed by atoms with van der Waals surface area (Å²) in [4.78, 5) is 15.0. The first kappa shape index (κ1) is 21.1. The Balaban J connectivity index is 1.28. The molecule has 1 N–H and O–H groups in total. The van der Waals surface area contributed by atoms with E-state index in [0.717, 1.165) is 37.4 Å². The number of hydrogen-bond donors (Lipinski definition) is 1. The molecule has 0 saturated heterocycles. The van der Waals surface area contributed by atoms with Gasteiger partial charge in [-0.1, -0.05) is 48.5 Å². The van der Waals surface area contributed by atoms with Crippen LogP contribution in [-0.4, -0.2) is 23.5 Å². The van der Waals surface area contributed by atoms with Crippen LogP contribution in [-0.2, 0) is 26.1 Å². The number of hydrogen-bond acceptors (Lipinski definition) is 3. The van der Waals surface area contributed by atoms with E-state index >= 15 is 0 Å². The summed E-state index contributed by atoms with van der Waals surface area (Å²) in [5.74, 6) is 0.791. The van der Waals surface area contributed by atoms with Crippen LogP contribution >= 0.6 is 0 Å². The molecule has 0 aromatic heterocycles. The maximum atomic E-state index is 12.5. The summed E-state index contributed by atoms with van der Waals surface area (Å²) >= 11 is 0. The van der Waals surface area contributed by atoms with Crippen molar-refractivity contribution < 1.29 is 9.53 Å². The molecule has 4 rings (SSSR count). The van der Waals surface area contributed by atoms with Gasteiger partial charge in [0, 0.05) is 31.7 Å². The third-order valence-corrected chi connectivity index (χ3v) is 5.58. The molecule has 0 radical (unpaired) electrons. The van der Waals surface area contributed by atoms with Gasteiger partial charge in [-0.05, 0) is 66.8 Å². The molecule has 4 heteroatoms. The van der Waals surface area contributed by atoms with Crippen LogP contribution in [0.1, 0.15) is 46.5 Å². The molecule has 4 nitrogen and oxygen atoms in total. The summed E-state index contributed by atoms with van der Waals surface area (Å²) in [7, 11) is 0. The first-order chi connectivity index (χ1) is 15.1. The molecule has 31 heavy (non-hydrogen) atoms. The molecule has 1 aliphatic rings. The third-order valence-electron chi connectivity index (χ3n) is 5.58. The van der Waals surface area contributed by atoms with E-state index in [1.165, 1.54) is 16.7 Å². The van der Waals surface area contributed by atoms with E-state index in [4.69, 9.17) is 4.74 Å². The molecule has 0 unspecified atom stereocenters. The summed E-state index contributed by atoms with van der Waals surface area (Å²) in [5, 5.41) is 3.00. The first-order valence-corrected chi connectivity index (χ1v) is 11.0. The van der Waals surface area contributed by atoms with Crippen molar-refractivity contribution >= 4 is 5.91 Å². The van der Waals surface area contributed by atoms with Crippen molar-refractivity contribution in [2.24, 2.45) is 0 Å². The van der Waals surface area contributed by atoms with Crippen molar-refractivity contribution in [3.05, 3.63) is 101 Å². The number of ether oxygens (including phenoxy) is 1. The minimum Gasteiger partial charge on any atom is -0.491 e. The van der Waals surface area contributed by atoms with Gasteiger partial charge in [-0.2, -0.15) is 0 Å². The Labute approximate surface area is 184 Å². The summed E-state index contributed by atoms with van der Waals surface area (Å²) in [6.07, 6.45) is 1.25. The number of nitrogens with zero attached hydrogens (tertiary/aromatic N) is 1. The normalized spacial score (nSPS) is 13.6. The zero-order valence-electron chi connectivity index (χ0n) is 18.3. The number of nitrogens with one attached hydrogen (secondary N) is 1. The minimum absolute atomic E-state index is 0.0547. The fourth-order valence-electron chi connectivity index (χ4n) is 3.95. The quantitative estimate of drug-likeness (QED) is 0.594. The molecule has 1 amide bonds. The number of rotatable bonds is 7. The van der Waals surface area contributed by atoms with Crippen LogP contribution in [0.4, 0.5) is 0 Å². The largest absolute Gasteiger partial charge is 0.491 e. The second-order valence-electron chi connectivity index (χ2n) is 8.42. The zero-order valence-corrected chi connectivity index (χ0v) is 18.3. The second kappa shape index (κ2) is 9.80. The van der Waals surface area contributed by atoms with Crippen LogP contribution in [0, 0.1) is 0 Å². The Kier molecular flexibility index (Phi) is 6.68. The van der Waals surface area contributed by atoms with Crippen molar-refractivity contribution in [2.75, 3.05) is 6.54 Å². The molecule has 0 fully saturated rings.